The fourth-order valence-electron chi connectivity index (χ4n) is 3.64. The first-order chi connectivity index (χ1) is 15.2. The fraction of sp³-hybridized carbons (Fsp3) is 0.462. The molecule has 0 aliphatic rings. The second-order valence-electron chi connectivity index (χ2n) is 8.38. The van der Waals surface area contributed by atoms with Gasteiger partial charge in [-0.15, -0.1) is 11.8 Å². The third-order valence-corrected chi connectivity index (χ3v) is 6.67. The van der Waals surface area contributed by atoms with Gasteiger partial charge in [-0.25, -0.2) is 0 Å². The largest absolute Gasteiger partial charge is 0.352 e. The van der Waals surface area contributed by atoms with Gasteiger partial charge in [-0.05, 0) is 56.9 Å². The van der Waals surface area contributed by atoms with Crippen molar-refractivity contribution in [1.82, 2.24) is 10.2 Å². The van der Waals surface area contributed by atoms with Crippen LogP contribution in [0.15, 0.2) is 42.5 Å². The average Bonchev–Trinajstić information content (AvgIpc) is 2.74. The molecule has 6 heteroatoms. The van der Waals surface area contributed by atoms with Crippen LogP contribution in [0.5, 0.6) is 0 Å². The SMILES string of the molecule is CC[C@@H](C)NC(=O)[C@H](CC)N(Cc1ccc(Cl)cc1)C(=O)CSCc1cc(C)cc(C)c1. The van der Waals surface area contributed by atoms with Crippen LogP contribution in [0.3, 0.4) is 0 Å². The van der Waals surface area contributed by atoms with Gasteiger partial charge in [0, 0.05) is 23.4 Å². The number of carbonyl (C=O) groups is 2. The van der Waals surface area contributed by atoms with E-state index >= 15 is 0 Å². The van der Waals surface area contributed by atoms with Crippen LogP contribution in [-0.2, 0) is 21.9 Å². The van der Waals surface area contributed by atoms with Crippen LogP contribution in [0.2, 0.25) is 5.02 Å². The smallest absolute Gasteiger partial charge is 0.243 e. The highest BCUT2D eigenvalue weighted by atomic mass is 35.5. The van der Waals surface area contributed by atoms with Crippen molar-refractivity contribution in [2.75, 3.05) is 5.75 Å². The minimum atomic E-state index is -0.506. The van der Waals surface area contributed by atoms with Gasteiger partial charge in [0.1, 0.15) is 6.04 Å². The Morgan fingerprint density at radius 3 is 2.19 bits per heavy atom. The molecule has 0 radical (unpaired) electrons. The van der Waals surface area contributed by atoms with Gasteiger partial charge < -0.3 is 10.2 Å². The van der Waals surface area contributed by atoms with Gasteiger partial charge in [0.25, 0.3) is 0 Å². The molecule has 174 valence electrons. The highest BCUT2D eigenvalue weighted by Gasteiger charge is 2.29. The highest BCUT2D eigenvalue weighted by Crippen LogP contribution is 2.20. The van der Waals surface area contributed by atoms with Crippen molar-refractivity contribution < 1.29 is 9.59 Å². The zero-order valence-corrected chi connectivity index (χ0v) is 21.4. The summed E-state index contributed by atoms with van der Waals surface area (Å²) in [5, 5.41) is 3.69. The molecule has 32 heavy (non-hydrogen) atoms. The normalized spacial score (nSPS) is 12.8. The van der Waals surface area contributed by atoms with Crippen LogP contribution in [0.1, 0.15) is 55.9 Å². The minimum Gasteiger partial charge on any atom is -0.352 e. The lowest BCUT2D eigenvalue weighted by atomic mass is 10.1. The number of hydrogen-bond donors (Lipinski definition) is 1. The second kappa shape index (κ2) is 12.9. The molecule has 0 spiro atoms. The summed E-state index contributed by atoms with van der Waals surface area (Å²) in [6, 6.07) is 13.5. The molecule has 2 aromatic rings. The predicted octanol–water partition coefficient (Wildman–Crippen LogP) is 5.91. The Hall–Kier alpha value is -1.98. The van der Waals surface area contributed by atoms with Gasteiger partial charge in [-0.3, -0.25) is 9.59 Å². The third-order valence-electron chi connectivity index (χ3n) is 5.43. The van der Waals surface area contributed by atoms with Crippen LogP contribution in [0.4, 0.5) is 0 Å². The number of nitrogens with zero attached hydrogens (tertiary/aromatic N) is 1. The Balaban J connectivity index is 2.14. The zero-order chi connectivity index (χ0) is 23.7. The first-order valence-electron chi connectivity index (χ1n) is 11.2. The molecular weight excluding hydrogens is 440 g/mol. The second-order valence-corrected chi connectivity index (χ2v) is 9.80. The maximum atomic E-state index is 13.3. The molecule has 0 saturated carbocycles. The molecule has 0 aliphatic carbocycles. The van der Waals surface area contributed by atoms with Gasteiger partial charge in [-0.1, -0.05) is 66.9 Å². The van der Waals surface area contributed by atoms with E-state index in [0.29, 0.717) is 23.7 Å². The van der Waals surface area contributed by atoms with Crippen molar-refractivity contribution in [1.29, 1.82) is 0 Å². The molecular formula is C26H35ClN2O2S. The molecule has 2 amide bonds. The molecule has 0 saturated heterocycles. The zero-order valence-electron chi connectivity index (χ0n) is 19.8. The number of hydrogen-bond acceptors (Lipinski definition) is 3. The summed E-state index contributed by atoms with van der Waals surface area (Å²) in [5.74, 6) is 0.969. The Bertz CT molecular complexity index is 881. The van der Waals surface area contributed by atoms with Crippen LogP contribution < -0.4 is 5.32 Å². The quantitative estimate of drug-likeness (QED) is 0.440. The molecule has 0 aromatic heterocycles. The highest BCUT2D eigenvalue weighted by molar-refractivity contribution is 7.99. The van der Waals surface area contributed by atoms with Crippen LogP contribution in [-0.4, -0.2) is 34.6 Å². The molecule has 0 unspecified atom stereocenters. The number of nitrogens with one attached hydrogen (secondary N) is 1. The summed E-state index contributed by atoms with van der Waals surface area (Å²) in [5.41, 5.74) is 4.62. The van der Waals surface area contributed by atoms with E-state index in [1.807, 2.05) is 45.0 Å². The van der Waals surface area contributed by atoms with Gasteiger partial charge in [0.05, 0.1) is 5.75 Å². The van der Waals surface area contributed by atoms with Gasteiger partial charge in [0.15, 0.2) is 0 Å². The summed E-state index contributed by atoms with van der Waals surface area (Å²) in [4.78, 5) is 28.0. The summed E-state index contributed by atoms with van der Waals surface area (Å²) < 4.78 is 0. The van der Waals surface area contributed by atoms with E-state index in [0.717, 1.165) is 17.7 Å². The molecule has 4 nitrogen and oxygen atoms in total. The third kappa shape index (κ3) is 8.18. The molecule has 0 bridgehead atoms. The summed E-state index contributed by atoms with van der Waals surface area (Å²) in [7, 11) is 0. The maximum Gasteiger partial charge on any atom is 0.243 e. The van der Waals surface area contributed by atoms with Crippen molar-refractivity contribution in [3.63, 3.8) is 0 Å². The molecule has 2 atom stereocenters. The van der Waals surface area contributed by atoms with E-state index in [1.54, 1.807) is 16.7 Å². The lowest BCUT2D eigenvalue weighted by molar-refractivity contribution is -0.139. The minimum absolute atomic E-state index is 0.0273. The number of amides is 2. The molecule has 0 aliphatic heterocycles. The van der Waals surface area contributed by atoms with Crippen LogP contribution >= 0.6 is 23.4 Å². The predicted molar refractivity (Wildman–Crippen MR) is 136 cm³/mol. The van der Waals surface area contributed by atoms with Crippen molar-refractivity contribution in [3.8, 4) is 0 Å². The fourth-order valence-corrected chi connectivity index (χ4v) is 4.61. The Kier molecular flexibility index (Phi) is 10.6. The van der Waals surface area contributed by atoms with Gasteiger partial charge in [-0.2, -0.15) is 0 Å². The van der Waals surface area contributed by atoms with E-state index in [4.69, 9.17) is 11.6 Å². The number of halogens is 1. The standard InChI is InChI=1S/C26H35ClN2O2S/c1-6-20(5)28-26(31)24(7-2)29(15-21-8-10-23(27)11-9-21)25(30)17-32-16-22-13-18(3)12-19(4)14-22/h8-14,20,24H,6-7,15-17H2,1-5H3,(H,28,31)/t20-,24+/m1/s1. The maximum absolute atomic E-state index is 13.3. The average molecular weight is 475 g/mol. The van der Waals surface area contributed by atoms with E-state index in [-0.39, 0.29) is 17.9 Å². The Labute approximate surface area is 202 Å². The summed E-state index contributed by atoms with van der Waals surface area (Å²) in [6.45, 7) is 10.5. The number of carbonyl (C=O) groups excluding carboxylic acids is 2. The number of aryl methyl sites for hydroxylation is 2. The topological polar surface area (TPSA) is 49.4 Å². The molecule has 1 N–H and O–H groups in total. The van der Waals surface area contributed by atoms with Gasteiger partial charge in [0.2, 0.25) is 11.8 Å². The van der Waals surface area contributed by atoms with Crippen molar-refractivity contribution in [3.05, 3.63) is 69.7 Å². The number of benzene rings is 2. The van der Waals surface area contributed by atoms with E-state index < -0.39 is 6.04 Å². The summed E-state index contributed by atoms with van der Waals surface area (Å²) in [6.07, 6.45) is 1.41. The first kappa shape index (κ1) is 26.3. The molecule has 2 aromatic carbocycles. The Morgan fingerprint density at radius 1 is 1.00 bits per heavy atom. The van der Waals surface area contributed by atoms with E-state index in [9.17, 15) is 9.59 Å². The molecule has 0 heterocycles. The van der Waals surface area contributed by atoms with Crippen molar-refractivity contribution >= 4 is 35.2 Å². The van der Waals surface area contributed by atoms with Crippen molar-refractivity contribution in [2.24, 2.45) is 0 Å². The summed E-state index contributed by atoms with van der Waals surface area (Å²) >= 11 is 7.61. The van der Waals surface area contributed by atoms with Crippen LogP contribution in [0, 0.1) is 13.8 Å². The lowest BCUT2D eigenvalue weighted by Crippen LogP contribution is -2.51. The first-order valence-corrected chi connectivity index (χ1v) is 12.8. The van der Waals surface area contributed by atoms with Gasteiger partial charge >= 0.3 is 0 Å². The van der Waals surface area contributed by atoms with Crippen LogP contribution in [0.25, 0.3) is 0 Å². The van der Waals surface area contributed by atoms with Crippen molar-refractivity contribution in [2.45, 2.75) is 71.8 Å². The number of thioether (sulfide) groups is 1. The Morgan fingerprint density at radius 2 is 1.62 bits per heavy atom. The lowest BCUT2D eigenvalue weighted by Gasteiger charge is -2.31. The molecule has 0 fully saturated rings. The monoisotopic (exact) mass is 474 g/mol. The number of rotatable bonds is 11. The van der Waals surface area contributed by atoms with E-state index in [2.05, 4.69) is 37.4 Å². The van der Waals surface area contributed by atoms with E-state index in [1.165, 1.54) is 16.7 Å². The molecule has 2 rings (SSSR count).